The van der Waals surface area contributed by atoms with Gasteiger partial charge < -0.3 is 9.90 Å². The van der Waals surface area contributed by atoms with Crippen molar-refractivity contribution in [3.05, 3.63) is 46.0 Å². The second kappa shape index (κ2) is 6.34. The van der Waals surface area contributed by atoms with Crippen LogP contribution in [0, 0.1) is 10.1 Å². The molecule has 0 N–H and O–H groups in total. The second-order valence-corrected chi connectivity index (χ2v) is 2.47. The van der Waals surface area contributed by atoms with E-state index < -0.39 is 10.9 Å². The Hall–Kier alpha value is -1.17. The quantitative estimate of drug-likeness (QED) is 0.239. The fraction of sp³-hybridized carbons (Fsp3) is 0. The number of nitro groups is 1. The van der Waals surface area contributed by atoms with Crippen molar-refractivity contribution in [3.8, 4) is 0 Å². The Bertz CT molecular complexity index is 403. The van der Waals surface area contributed by atoms with Crippen molar-refractivity contribution in [2.75, 3.05) is 0 Å². The van der Waals surface area contributed by atoms with Gasteiger partial charge in [-0.3, -0.25) is 10.1 Å². The first-order valence-corrected chi connectivity index (χ1v) is 3.74. The van der Waals surface area contributed by atoms with Crippen LogP contribution in [-0.2, 0) is 4.79 Å². The first kappa shape index (κ1) is 13.8. The zero-order valence-electron chi connectivity index (χ0n) is 8.04. The summed E-state index contributed by atoms with van der Waals surface area (Å²) in [5, 5.41) is 20.6. The molecule has 0 aliphatic carbocycles. The number of benzene rings is 1. The Balaban J connectivity index is 0.00000196. The van der Waals surface area contributed by atoms with Crippen molar-refractivity contribution in [2.24, 2.45) is 0 Å². The summed E-state index contributed by atoms with van der Waals surface area (Å²) in [6.07, 6.45) is 1.88. The SMILES string of the molecule is O=C([O-])/C=C/c1ccccc1[N+](=O)[O-].[Na+]. The van der Waals surface area contributed by atoms with Gasteiger partial charge in [-0.2, -0.15) is 0 Å². The largest absolute Gasteiger partial charge is 1.00 e. The van der Waals surface area contributed by atoms with E-state index in [1.807, 2.05) is 0 Å². The van der Waals surface area contributed by atoms with Crippen LogP contribution in [0.2, 0.25) is 0 Å². The van der Waals surface area contributed by atoms with Crippen LogP contribution >= 0.6 is 0 Å². The summed E-state index contributed by atoms with van der Waals surface area (Å²) in [4.78, 5) is 20.0. The zero-order chi connectivity index (χ0) is 10.6. The van der Waals surface area contributed by atoms with Crippen LogP contribution in [0.5, 0.6) is 0 Å². The number of hydrogen-bond donors (Lipinski definition) is 0. The van der Waals surface area contributed by atoms with Crippen molar-refractivity contribution in [1.29, 1.82) is 0 Å². The summed E-state index contributed by atoms with van der Waals surface area (Å²) < 4.78 is 0. The number of nitro benzene ring substituents is 1. The monoisotopic (exact) mass is 215 g/mol. The number of carbonyl (C=O) groups is 1. The molecule has 15 heavy (non-hydrogen) atoms. The molecule has 1 rings (SSSR count). The number of nitrogens with zero attached hydrogens (tertiary/aromatic N) is 1. The Morgan fingerprint density at radius 2 is 1.93 bits per heavy atom. The number of carbonyl (C=O) groups excluding carboxylic acids is 1. The molecule has 0 aromatic heterocycles. The zero-order valence-corrected chi connectivity index (χ0v) is 10.0. The maximum absolute atomic E-state index is 10.5. The van der Waals surface area contributed by atoms with E-state index in [1.165, 1.54) is 18.2 Å². The summed E-state index contributed by atoms with van der Waals surface area (Å²) in [6.45, 7) is 0. The molecule has 0 fully saturated rings. The fourth-order valence-corrected chi connectivity index (χ4v) is 0.953. The van der Waals surface area contributed by atoms with Crippen LogP contribution in [0.15, 0.2) is 30.3 Å². The maximum atomic E-state index is 10.5. The number of carboxylic acids is 1. The van der Waals surface area contributed by atoms with E-state index in [2.05, 4.69) is 0 Å². The van der Waals surface area contributed by atoms with Gasteiger partial charge in [-0.1, -0.05) is 12.1 Å². The van der Waals surface area contributed by atoms with Gasteiger partial charge in [0.25, 0.3) is 5.69 Å². The van der Waals surface area contributed by atoms with E-state index in [9.17, 15) is 20.0 Å². The molecule has 0 aliphatic rings. The molecule has 0 atom stereocenters. The van der Waals surface area contributed by atoms with Crippen molar-refractivity contribution in [1.82, 2.24) is 0 Å². The van der Waals surface area contributed by atoms with E-state index in [0.29, 0.717) is 0 Å². The van der Waals surface area contributed by atoms with E-state index in [-0.39, 0.29) is 40.8 Å². The molecule has 0 saturated carbocycles. The van der Waals surface area contributed by atoms with E-state index >= 15 is 0 Å². The third kappa shape index (κ3) is 4.24. The van der Waals surface area contributed by atoms with E-state index in [4.69, 9.17) is 0 Å². The first-order chi connectivity index (χ1) is 6.61. The average molecular weight is 215 g/mol. The molecular weight excluding hydrogens is 209 g/mol. The molecule has 0 aliphatic heterocycles. The molecule has 0 spiro atoms. The molecule has 0 saturated heterocycles. The van der Waals surface area contributed by atoms with Gasteiger partial charge in [0.05, 0.1) is 16.5 Å². The molecule has 1 aromatic carbocycles. The van der Waals surface area contributed by atoms with Gasteiger partial charge in [0.15, 0.2) is 0 Å². The predicted molar refractivity (Wildman–Crippen MR) is 47.1 cm³/mol. The normalized spacial score (nSPS) is 9.60. The molecular formula is C9H6NNaO4. The number of carboxylic acid groups (broad SMARTS) is 1. The second-order valence-electron chi connectivity index (χ2n) is 2.47. The van der Waals surface area contributed by atoms with Crippen molar-refractivity contribution < 1.29 is 44.4 Å². The van der Waals surface area contributed by atoms with E-state index in [0.717, 1.165) is 12.2 Å². The molecule has 1 aromatic rings. The number of hydrogen-bond acceptors (Lipinski definition) is 4. The minimum atomic E-state index is -1.39. The van der Waals surface area contributed by atoms with Gasteiger partial charge >= 0.3 is 29.6 Å². The van der Waals surface area contributed by atoms with Crippen molar-refractivity contribution >= 4 is 17.7 Å². The standard InChI is InChI=1S/C9H7NO4.Na/c11-9(12)6-5-7-3-1-2-4-8(7)10(13)14;/h1-6H,(H,11,12);/q;+1/p-1/b6-5+;. The Morgan fingerprint density at radius 3 is 2.47 bits per heavy atom. The van der Waals surface area contributed by atoms with Gasteiger partial charge in [0, 0.05) is 6.07 Å². The van der Waals surface area contributed by atoms with Crippen LogP contribution in [0.4, 0.5) is 5.69 Å². The van der Waals surface area contributed by atoms with Crippen LogP contribution in [0.1, 0.15) is 5.56 Å². The number of rotatable bonds is 3. The van der Waals surface area contributed by atoms with Gasteiger partial charge in [0.2, 0.25) is 0 Å². The topological polar surface area (TPSA) is 83.3 Å². The third-order valence-electron chi connectivity index (χ3n) is 1.53. The van der Waals surface area contributed by atoms with Crippen LogP contribution in [0.25, 0.3) is 6.08 Å². The minimum Gasteiger partial charge on any atom is -0.545 e. The van der Waals surface area contributed by atoms with Gasteiger partial charge in [0.1, 0.15) is 0 Å². The summed E-state index contributed by atoms with van der Waals surface area (Å²) >= 11 is 0. The fourth-order valence-electron chi connectivity index (χ4n) is 0.953. The average Bonchev–Trinajstić information content (AvgIpc) is 2.15. The van der Waals surface area contributed by atoms with Crippen LogP contribution in [0.3, 0.4) is 0 Å². The van der Waals surface area contributed by atoms with E-state index in [1.54, 1.807) is 6.07 Å². The van der Waals surface area contributed by atoms with Crippen LogP contribution < -0.4 is 34.7 Å². The molecule has 0 heterocycles. The Kier molecular flexibility index (Phi) is 5.84. The first-order valence-electron chi connectivity index (χ1n) is 3.74. The minimum absolute atomic E-state index is 0. The molecule has 0 unspecified atom stereocenters. The van der Waals surface area contributed by atoms with Crippen molar-refractivity contribution in [3.63, 3.8) is 0 Å². The molecule has 0 amide bonds. The number of para-hydroxylation sites is 1. The Labute approximate surface area is 108 Å². The van der Waals surface area contributed by atoms with Gasteiger partial charge in [-0.25, -0.2) is 0 Å². The number of aliphatic carboxylic acids is 1. The maximum Gasteiger partial charge on any atom is 1.00 e. The van der Waals surface area contributed by atoms with Crippen molar-refractivity contribution in [2.45, 2.75) is 0 Å². The molecule has 0 radical (unpaired) electrons. The smallest absolute Gasteiger partial charge is 0.545 e. The summed E-state index contributed by atoms with van der Waals surface area (Å²) in [7, 11) is 0. The predicted octanol–water partition coefficient (Wildman–Crippen LogP) is -2.64. The summed E-state index contributed by atoms with van der Waals surface area (Å²) in [5.41, 5.74) is 0.103. The van der Waals surface area contributed by atoms with Gasteiger partial charge in [-0.15, -0.1) is 0 Å². The van der Waals surface area contributed by atoms with Gasteiger partial charge in [-0.05, 0) is 18.2 Å². The summed E-state index contributed by atoms with van der Waals surface area (Å²) in [5.74, 6) is -1.39. The Morgan fingerprint density at radius 1 is 1.33 bits per heavy atom. The van der Waals surface area contributed by atoms with Crippen LogP contribution in [-0.4, -0.2) is 10.9 Å². The molecule has 6 heteroatoms. The third-order valence-corrected chi connectivity index (χ3v) is 1.53. The summed E-state index contributed by atoms with van der Waals surface area (Å²) in [6, 6.07) is 5.85. The molecule has 0 bridgehead atoms. The molecule has 72 valence electrons. The molecule has 5 nitrogen and oxygen atoms in total.